The van der Waals surface area contributed by atoms with Crippen molar-refractivity contribution in [2.75, 3.05) is 14.2 Å². The number of likely N-dealkylation sites (tertiary alicyclic amines) is 1. The van der Waals surface area contributed by atoms with Gasteiger partial charge < -0.3 is 9.84 Å². The van der Waals surface area contributed by atoms with Gasteiger partial charge in [0.15, 0.2) is 0 Å². The van der Waals surface area contributed by atoms with E-state index in [1.165, 1.54) is 56.9 Å². The molecule has 1 fully saturated rings. The number of likely N-dealkylation sites (N-methyl/N-ethyl adjacent to an activating group) is 1. The first kappa shape index (κ1) is 20.3. The Balaban J connectivity index is 1.73. The lowest BCUT2D eigenvalue weighted by atomic mass is 10.0. The molecule has 2 rings (SSSR count). The van der Waals surface area contributed by atoms with Crippen molar-refractivity contribution in [3.63, 3.8) is 0 Å². The Morgan fingerprint density at radius 2 is 1.68 bits per heavy atom. The second-order valence-corrected chi connectivity index (χ2v) is 7.65. The number of hydrogen-bond acceptors (Lipinski definition) is 3. The van der Waals surface area contributed by atoms with Crippen molar-refractivity contribution >= 4 is 0 Å². The first-order chi connectivity index (χ1) is 12.2. The molecule has 3 nitrogen and oxygen atoms in total. The summed E-state index contributed by atoms with van der Waals surface area (Å²) in [6.07, 6.45) is 12.3. The maximum Gasteiger partial charge on any atom is 0.118 e. The van der Waals surface area contributed by atoms with Crippen LogP contribution in [0.3, 0.4) is 0 Å². The topological polar surface area (TPSA) is 32.7 Å². The number of methoxy groups -OCH3 is 1. The molecule has 1 aliphatic heterocycles. The molecule has 0 aliphatic carbocycles. The molecule has 0 unspecified atom stereocenters. The predicted octanol–water partition coefficient (Wildman–Crippen LogP) is 4.81. The maximum absolute atomic E-state index is 10.5. The Kier molecular flexibility index (Phi) is 8.77. The molecule has 0 bridgehead atoms. The third-order valence-corrected chi connectivity index (χ3v) is 5.80. The average Bonchev–Trinajstić information content (AvgIpc) is 2.89. The SMILES string of the molecule is CCCCCCCCC[C@@H]1C[C@H](O)[C@@H](Cc2ccc(OC)cc2)N1C. The molecule has 1 aromatic carbocycles. The molecule has 0 spiro atoms. The Morgan fingerprint density at radius 3 is 2.32 bits per heavy atom. The number of unbranched alkanes of at least 4 members (excludes halogenated alkanes) is 6. The highest BCUT2D eigenvalue weighted by molar-refractivity contribution is 5.28. The number of nitrogens with zero attached hydrogens (tertiary/aromatic N) is 1. The van der Waals surface area contributed by atoms with Crippen LogP contribution in [0.4, 0.5) is 0 Å². The van der Waals surface area contributed by atoms with Crippen molar-refractivity contribution < 1.29 is 9.84 Å². The van der Waals surface area contributed by atoms with Crippen molar-refractivity contribution in [1.82, 2.24) is 4.90 Å². The lowest BCUT2D eigenvalue weighted by molar-refractivity contribution is 0.123. The van der Waals surface area contributed by atoms with Crippen LogP contribution in [0.25, 0.3) is 0 Å². The van der Waals surface area contributed by atoms with Crippen LogP contribution >= 0.6 is 0 Å². The predicted molar refractivity (Wildman–Crippen MR) is 105 cm³/mol. The molecule has 142 valence electrons. The van der Waals surface area contributed by atoms with Crippen LogP contribution in [0, 0.1) is 0 Å². The molecule has 25 heavy (non-hydrogen) atoms. The molecular weight excluding hydrogens is 310 g/mol. The summed E-state index contributed by atoms with van der Waals surface area (Å²) in [5.74, 6) is 0.890. The van der Waals surface area contributed by atoms with E-state index in [9.17, 15) is 5.11 Å². The Labute approximate surface area is 154 Å². The van der Waals surface area contributed by atoms with Crippen molar-refractivity contribution in [3.05, 3.63) is 29.8 Å². The smallest absolute Gasteiger partial charge is 0.118 e. The van der Waals surface area contributed by atoms with Crippen LogP contribution in [0.5, 0.6) is 5.75 Å². The average molecular weight is 348 g/mol. The van der Waals surface area contributed by atoms with E-state index in [1.807, 2.05) is 12.1 Å². The van der Waals surface area contributed by atoms with Gasteiger partial charge in [-0.3, -0.25) is 4.90 Å². The molecular formula is C22H37NO2. The number of aliphatic hydroxyl groups excluding tert-OH is 1. The van der Waals surface area contributed by atoms with Gasteiger partial charge in [0.05, 0.1) is 13.2 Å². The van der Waals surface area contributed by atoms with E-state index in [0.717, 1.165) is 18.6 Å². The van der Waals surface area contributed by atoms with Gasteiger partial charge in [0, 0.05) is 12.1 Å². The molecule has 3 atom stereocenters. The molecule has 0 aromatic heterocycles. The van der Waals surface area contributed by atoms with Crippen molar-refractivity contribution in [2.45, 2.75) is 89.3 Å². The molecule has 1 aromatic rings. The lowest BCUT2D eigenvalue weighted by Crippen LogP contribution is -2.37. The molecule has 1 aliphatic rings. The molecule has 0 radical (unpaired) electrons. The van der Waals surface area contributed by atoms with Crippen LogP contribution in [-0.4, -0.2) is 42.4 Å². The number of hydrogen-bond donors (Lipinski definition) is 1. The largest absolute Gasteiger partial charge is 0.497 e. The van der Waals surface area contributed by atoms with Gasteiger partial charge in [0.25, 0.3) is 0 Å². The van der Waals surface area contributed by atoms with E-state index in [0.29, 0.717) is 6.04 Å². The first-order valence-electron chi connectivity index (χ1n) is 10.2. The minimum Gasteiger partial charge on any atom is -0.497 e. The second-order valence-electron chi connectivity index (χ2n) is 7.65. The van der Waals surface area contributed by atoms with Crippen LogP contribution < -0.4 is 4.74 Å². The number of ether oxygens (including phenoxy) is 1. The van der Waals surface area contributed by atoms with E-state index in [1.54, 1.807) is 7.11 Å². The van der Waals surface area contributed by atoms with Crippen molar-refractivity contribution in [3.8, 4) is 5.75 Å². The fourth-order valence-corrected chi connectivity index (χ4v) is 4.09. The van der Waals surface area contributed by atoms with Gasteiger partial charge in [0.1, 0.15) is 5.75 Å². The highest BCUT2D eigenvalue weighted by Gasteiger charge is 2.37. The van der Waals surface area contributed by atoms with Crippen LogP contribution in [0.1, 0.15) is 70.3 Å². The van der Waals surface area contributed by atoms with E-state index >= 15 is 0 Å². The van der Waals surface area contributed by atoms with Gasteiger partial charge in [-0.2, -0.15) is 0 Å². The van der Waals surface area contributed by atoms with Gasteiger partial charge in [-0.1, -0.05) is 64.0 Å². The zero-order valence-electron chi connectivity index (χ0n) is 16.4. The summed E-state index contributed by atoms with van der Waals surface area (Å²) in [7, 11) is 3.88. The molecule has 1 N–H and O–H groups in total. The second kappa shape index (κ2) is 10.8. The van der Waals surface area contributed by atoms with Crippen molar-refractivity contribution in [1.29, 1.82) is 0 Å². The molecule has 1 saturated heterocycles. The molecule has 0 amide bonds. The van der Waals surface area contributed by atoms with Gasteiger partial charge in [0.2, 0.25) is 0 Å². The van der Waals surface area contributed by atoms with E-state index in [-0.39, 0.29) is 12.1 Å². The van der Waals surface area contributed by atoms with Gasteiger partial charge in [-0.15, -0.1) is 0 Å². The normalized spacial score (nSPS) is 23.9. The highest BCUT2D eigenvalue weighted by atomic mass is 16.5. The summed E-state index contributed by atoms with van der Waals surface area (Å²) in [6.45, 7) is 2.27. The summed E-state index contributed by atoms with van der Waals surface area (Å²) in [4.78, 5) is 2.42. The number of benzene rings is 1. The van der Waals surface area contributed by atoms with E-state index < -0.39 is 0 Å². The maximum atomic E-state index is 10.5. The summed E-state index contributed by atoms with van der Waals surface area (Å²) < 4.78 is 5.22. The Morgan fingerprint density at radius 1 is 1.04 bits per heavy atom. The van der Waals surface area contributed by atoms with Crippen LogP contribution in [-0.2, 0) is 6.42 Å². The quantitative estimate of drug-likeness (QED) is 0.583. The minimum absolute atomic E-state index is 0.207. The minimum atomic E-state index is -0.207. The number of aliphatic hydroxyl groups is 1. The van der Waals surface area contributed by atoms with E-state index in [4.69, 9.17) is 4.74 Å². The standard InChI is InChI=1S/C22H37NO2/c1-4-5-6-7-8-9-10-11-19-17-22(24)21(23(19)2)16-18-12-14-20(25-3)15-13-18/h12-15,19,21-22,24H,4-11,16-17H2,1-3H3/t19-,21-,22+/m1/s1. The Hall–Kier alpha value is -1.06. The number of rotatable bonds is 11. The first-order valence-corrected chi connectivity index (χ1v) is 10.2. The molecule has 1 heterocycles. The van der Waals surface area contributed by atoms with Gasteiger partial charge >= 0.3 is 0 Å². The zero-order valence-corrected chi connectivity index (χ0v) is 16.4. The van der Waals surface area contributed by atoms with E-state index in [2.05, 4.69) is 31.0 Å². The fourth-order valence-electron chi connectivity index (χ4n) is 4.09. The van der Waals surface area contributed by atoms with Crippen molar-refractivity contribution in [2.24, 2.45) is 0 Å². The molecule has 3 heteroatoms. The highest BCUT2D eigenvalue weighted by Crippen LogP contribution is 2.29. The summed E-state index contributed by atoms with van der Waals surface area (Å²) in [6, 6.07) is 9.02. The van der Waals surface area contributed by atoms with Gasteiger partial charge in [-0.05, 0) is 44.0 Å². The fraction of sp³-hybridized carbons (Fsp3) is 0.727. The van der Waals surface area contributed by atoms with Crippen LogP contribution in [0.2, 0.25) is 0 Å². The Bertz CT molecular complexity index is 473. The van der Waals surface area contributed by atoms with Crippen LogP contribution in [0.15, 0.2) is 24.3 Å². The van der Waals surface area contributed by atoms with Gasteiger partial charge in [-0.25, -0.2) is 0 Å². The third-order valence-electron chi connectivity index (χ3n) is 5.80. The third kappa shape index (κ3) is 6.31. The zero-order chi connectivity index (χ0) is 18.1. The summed E-state index contributed by atoms with van der Waals surface area (Å²) in [5.41, 5.74) is 1.27. The molecule has 0 saturated carbocycles. The monoisotopic (exact) mass is 347 g/mol. The lowest BCUT2D eigenvalue weighted by Gasteiger charge is -2.26. The summed E-state index contributed by atoms with van der Waals surface area (Å²) >= 11 is 0. The summed E-state index contributed by atoms with van der Waals surface area (Å²) in [5, 5.41) is 10.5.